The summed E-state index contributed by atoms with van der Waals surface area (Å²) in [6.07, 6.45) is 0. The Morgan fingerprint density at radius 1 is 1.20 bits per heavy atom. The Kier molecular flexibility index (Phi) is 4.58. The Morgan fingerprint density at radius 3 is 2.50 bits per heavy atom. The number of aromatic hydroxyl groups is 1. The number of carbonyl (C=O) groups excluding carboxylic acids is 1. The van der Waals surface area contributed by atoms with Gasteiger partial charge in [-0.2, -0.15) is 0 Å². The molecule has 0 aliphatic carbocycles. The molecule has 1 atom stereocenters. The number of amides is 1. The number of nitrogens with one attached hydrogen (secondary N) is 1. The highest BCUT2D eigenvalue weighted by Gasteiger charge is 2.20. The SMILES string of the molecule is O=C(NC(CCl)c1ccccc1)c1c(O)cccc1F. The van der Waals surface area contributed by atoms with E-state index in [1.54, 1.807) is 0 Å². The van der Waals surface area contributed by atoms with Gasteiger partial charge in [0.2, 0.25) is 0 Å². The van der Waals surface area contributed by atoms with E-state index >= 15 is 0 Å². The molecule has 1 amide bonds. The first-order chi connectivity index (χ1) is 9.63. The van der Waals surface area contributed by atoms with Gasteiger partial charge in [0.05, 0.1) is 6.04 Å². The summed E-state index contributed by atoms with van der Waals surface area (Å²) in [5.74, 6) is -1.73. The summed E-state index contributed by atoms with van der Waals surface area (Å²) in [5.41, 5.74) is 0.435. The number of halogens is 2. The average Bonchev–Trinajstić information content (AvgIpc) is 2.45. The number of phenolic OH excluding ortho intramolecular Hbond substituents is 1. The van der Waals surface area contributed by atoms with Gasteiger partial charge in [-0.25, -0.2) is 4.39 Å². The Labute approximate surface area is 121 Å². The summed E-state index contributed by atoms with van der Waals surface area (Å²) >= 11 is 5.84. The Bertz CT molecular complexity index is 584. The van der Waals surface area contributed by atoms with Crippen molar-refractivity contribution in [1.29, 1.82) is 0 Å². The molecule has 0 bridgehead atoms. The number of alkyl halides is 1. The van der Waals surface area contributed by atoms with Crippen molar-refractivity contribution in [3.05, 3.63) is 65.5 Å². The van der Waals surface area contributed by atoms with Crippen LogP contribution in [0.25, 0.3) is 0 Å². The van der Waals surface area contributed by atoms with E-state index in [4.69, 9.17) is 11.6 Å². The molecule has 3 nitrogen and oxygen atoms in total. The van der Waals surface area contributed by atoms with Crippen LogP contribution in [0.2, 0.25) is 0 Å². The van der Waals surface area contributed by atoms with E-state index in [-0.39, 0.29) is 11.4 Å². The van der Waals surface area contributed by atoms with Gasteiger partial charge in [0.1, 0.15) is 17.1 Å². The maximum Gasteiger partial charge on any atom is 0.258 e. The lowest BCUT2D eigenvalue weighted by molar-refractivity contribution is 0.0933. The molecule has 2 rings (SSSR count). The maximum atomic E-state index is 13.6. The molecule has 2 aromatic rings. The highest BCUT2D eigenvalue weighted by Crippen LogP contribution is 2.21. The third-order valence-corrected chi connectivity index (χ3v) is 3.19. The maximum absolute atomic E-state index is 13.6. The van der Waals surface area contributed by atoms with Crippen molar-refractivity contribution in [2.75, 3.05) is 5.88 Å². The zero-order valence-electron chi connectivity index (χ0n) is 10.5. The first-order valence-corrected chi connectivity index (χ1v) is 6.56. The van der Waals surface area contributed by atoms with Crippen molar-refractivity contribution in [3.8, 4) is 5.75 Å². The van der Waals surface area contributed by atoms with E-state index in [0.717, 1.165) is 11.6 Å². The number of hydrogen-bond acceptors (Lipinski definition) is 2. The molecule has 0 saturated carbocycles. The van der Waals surface area contributed by atoms with Crippen molar-refractivity contribution < 1.29 is 14.3 Å². The fourth-order valence-corrected chi connectivity index (χ4v) is 2.12. The standard InChI is InChI=1S/C15H13ClFNO2/c16-9-12(10-5-2-1-3-6-10)18-15(20)14-11(17)7-4-8-13(14)19/h1-8,12,19H,9H2,(H,18,20). The van der Waals surface area contributed by atoms with Gasteiger partial charge in [0.15, 0.2) is 0 Å². The topological polar surface area (TPSA) is 49.3 Å². The molecule has 104 valence electrons. The lowest BCUT2D eigenvalue weighted by Crippen LogP contribution is -2.30. The van der Waals surface area contributed by atoms with Crippen LogP contribution in [0.5, 0.6) is 5.75 Å². The van der Waals surface area contributed by atoms with Crippen LogP contribution in [0.15, 0.2) is 48.5 Å². The molecule has 0 heterocycles. The van der Waals surface area contributed by atoms with Crippen LogP contribution in [0.3, 0.4) is 0 Å². The van der Waals surface area contributed by atoms with Crippen LogP contribution in [0.1, 0.15) is 22.0 Å². The number of benzene rings is 2. The smallest absolute Gasteiger partial charge is 0.258 e. The first kappa shape index (κ1) is 14.3. The minimum Gasteiger partial charge on any atom is -0.507 e. The third kappa shape index (κ3) is 3.08. The Balaban J connectivity index is 2.22. The molecule has 0 radical (unpaired) electrons. The van der Waals surface area contributed by atoms with E-state index in [1.165, 1.54) is 12.1 Å². The van der Waals surface area contributed by atoms with Crippen molar-refractivity contribution in [2.45, 2.75) is 6.04 Å². The lowest BCUT2D eigenvalue weighted by Gasteiger charge is -2.17. The van der Waals surface area contributed by atoms with Crippen LogP contribution in [-0.2, 0) is 0 Å². The summed E-state index contributed by atoms with van der Waals surface area (Å²) in [7, 11) is 0. The van der Waals surface area contributed by atoms with Crippen molar-refractivity contribution in [1.82, 2.24) is 5.32 Å². The van der Waals surface area contributed by atoms with Crippen LogP contribution < -0.4 is 5.32 Å². The molecule has 0 aliphatic rings. The number of rotatable bonds is 4. The van der Waals surface area contributed by atoms with Gasteiger partial charge < -0.3 is 10.4 Å². The fourth-order valence-electron chi connectivity index (χ4n) is 1.86. The quantitative estimate of drug-likeness (QED) is 0.850. The van der Waals surface area contributed by atoms with Crippen LogP contribution in [0, 0.1) is 5.82 Å². The van der Waals surface area contributed by atoms with E-state index < -0.39 is 23.5 Å². The van der Waals surface area contributed by atoms with Crippen molar-refractivity contribution >= 4 is 17.5 Å². The first-order valence-electron chi connectivity index (χ1n) is 6.02. The van der Waals surface area contributed by atoms with Crippen LogP contribution in [-0.4, -0.2) is 16.9 Å². The summed E-state index contributed by atoms with van der Waals surface area (Å²) in [5, 5.41) is 12.2. The molecule has 0 spiro atoms. The second kappa shape index (κ2) is 6.39. The number of carbonyl (C=O) groups is 1. The zero-order valence-corrected chi connectivity index (χ0v) is 11.3. The molecular weight excluding hydrogens is 281 g/mol. The summed E-state index contributed by atoms with van der Waals surface area (Å²) in [4.78, 5) is 12.1. The summed E-state index contributed by atoms with van der Waals surface area (Å²) < 4.78 is 13.6. The van der Waals surface area contributed by atoms with E-state index in [0.29, 0.717) is 0 Å². The van der Waals surface area contributed by atoms with E-state index in [2.05, 4.69) is 5.32 Å². The summed E-state index contributed by atoms with van der Waals surface area (Å²) in [6.45, 7) is 0. The average molecular weight is 294 g/mol. The molecule has 1 unspecified atom stereocenters. The fraction of sp³-hybridized carbons (Fsp3) is 0.133. The van der Waals surface area contributed by atoms with Crippen LogP contribution >= 0.6 is 11.6 Å². The van der Waals surface area contributed by atoms with Gasteiger partial charge in [-0.05, 0) is 17.7 Å². The van der Waals surface area contributed by atoms with E-state index in [1.807, 2.05) is 30.3 Å². The molecule has 5 heteroatoms. The lowest BCUT2D eigenvalue weighted by atomic mass is 10.1. The van der Waals surface area contributed by atoms with Gasteiger partial charge in [-0.3, -0.25) is 4.79 Å². The van der Waals surface area contributed by atoms with Gasteiger partial charge in [-0.1, -0.05) is 36.4 Å². The minimum atomic E-state index is -0.774. The molecule has 2 aromatic carbocycles. The third-order valence-electron chi connectivity index (χ3n) is 2.88. The van der Waals surface area contributed by atoms with Gasteiger partial charge in [0.25, 0.3) is 5.91 Å². The Hall–Kier alpha value is -2.07. The van der Waals surface area contributed by atoms with Gasteiger partial charge >= 0.3 is 0 Å². The highest BCUT2D eigenvalue weighted by atomic mass is 35.5. The minimum absolute atomic E-state index is 0.144. The molecule has 20 heavy (non-hydrogen) atoms. The monoisotopic (exact) mass is 293 g/mol. The Morgan fingerprint density at radius 2 is 1.90 bits per heavy atom. The molecular formula is C15H13ClFNO2. The predicted molar refractivity (Wildman–Crippen MR) is 75.4 cm³/mol. The predicted octanol–water partition coefficient (Wildman–Crippen LogP) is 3.24. The molecule has 2 N–H and O–H groups in total. The van der Waals surface area contributed by atoms with Gasteiger partial charge in [0, 0.05) is 5.88 Å². The number of phenols is 1. The number of hydrogen-bond donors (Lipinski definition) is 2. The largest absolute Gasteiger partial charge is 0.507 e. The second-order valence-corrected chi connectivity index (χ2v) is 4.53. The summed E-state index contributed by atoms with van der Waals surface area (Å²) in [6, 6.07) is 12.4. The molecule has 0 fully saturated rings. The highest BCUT2D eigenvalue weighted by molar-refractivity contribution is 6.18. The van der Waals surface area contributed by atoms with E-state index in [9.17, 15) is 14.3 Å². The van der Waals surface area contributed by atoms with Crippen molar-refractivity contribution in [2.24, 2.45) is 0 Å². The van der Waals surface area contributed by atoms with Crippen molar-refractivity contribution in [3.63, 3.8) is 0 Å². The second-order valence-electron chi connectivity index (χ2n) is 4.22. The van der Waals surface area contributed by atoms with Gasteiger partial charge in [-0.15, -0.1) is 11.6 Å². The molecule has 0 aliphatic heterocycles. The molecule has 0 aromatic heterocycles. The van der Waals surface area contributed by atoms with Crippen LogP contribution in [0.4, 0.5) is 4.39 Å². The molecule has 0 saturated heterocycles. The normalized spacial score (nSPS) is 11.9. The zero-order chi connectivity index (χ0) is 14.5.